The van der Waals surface area contributed by atoms with Gasteiger partial charge in [-0.1, -0.05) is 5.16 Å². The van der Waals surface area contributed by atoms with Gasteiger partial charge in [0.05, 0.1) is 25.7 Å². The molecular formula is C19H19N3O7S. The lowest BCUT2D eigenvalue weighted by molar-refractivity contribution is 0.171. The molecule has 4 rings (SSSR count). The van der Waals surface area contributed by atoms with E-state index in [4.69, 9.17) is 23.5 Å². The predicted octanol–water partition coefficient (Wildman–Crippen LogP) is 2.00. The molecule has 2 aromatic carbocycles. The van der Waals surface area contributed by atoms with Crippen LogP contribution >= 0.6 is 0 Å². The number of benzene rings is 2. The van der Waals surface area contributed by atoms with Crippen LogP contribution in [0.25, 0.3) is 11.4 Å². The van der Waals surface area contributed by atoms with Gasteiger partial charge in [-0.2, -0.15) is 4.98 Å². The van der Waals surface area contributed by atoms with Crippen LogP contribution in [-0.4, -0.2) is 46.0 Å². The summed E-state index contributed by atoms with van der Waals surface area (Å²) in [5, 5.41) is 3.89. The zero-order valence-corrected chi connectivity index (χ0v) is 17.1. The molecule has 0 spiro atoms. The third-order valence-corrected chi connectivity index (χ3v) is 5.75. The number of hydrogen-bond donors (Lipinski definition) is 1. The maximum atomic E-state index is 12.6. The Hall–Kier alpha value is -3.31. The average Bonchev–Trinajstić information content (AvgIpc) is 3.26. The van der Waals surface area contributed by atoms with E-state index in [2.05, 4.69) is 14.9 Å². The van der Waals surface area contributed by atoms with Crippen molar-refractivity contribution < 1.29 is 31.9 Å². The zero-order valence-electron chi connectivity index (χ0n) is 16.2. The van der Waals surface area contributed by atoms with Crippen LogP contribution in [0.15, 0.2) is 45.8 Å². The minimum atomic E-state index is -3.82. The second kappa shape index (κ2) is 8.20. The summed E-state index contributed by atoms with van der Waals surface area (Å²) < 4.78 is 54.1. The lowest BCUT2D eigenvalue weighted by Crippen LogP contribution is -2.24. The van der Waals surface area contributed by atoms with E-state index in [0.717, 1.165) is 0 Å². The predicted molar refractivity (Wildman–Crippen MR) is 104 cm³/mol. The topological polar surface area (TPSA) is 122 Å². The van der Waals surface area contributed by atoms with Crippen LogP contribution in [0.3, 0.4) is 0 Å². The van der Waals surface area contributed by atoms with Crippen molar-refractivity contribution >= 4 is 10.0 Å². The van der Waals surface area contributed by atoms with Crippen molar-refractivity contribution in [2.45, 2.75) is 11.4 Å². The molecule has 0 aliphatic carbocycles. The Morgan fingerprint density at radius 2 is 1.77 bits per heavy atom. The molecule has 0 amide bonds. The second-order valence-electron chi connectivity index (χ2n) is 6.21. The minimum Gasteiger partial charge on any atom is -0.493 e. The van der Waals surface area contributed by atoms with Gasteiger partial charge >= 0.3 is 0 Å². The Kier molecular flexibility index (Phi) is 5.46. The van der Waals surface area contributed by atoms with Crippen molar-refractivity contribution in [2.24, 2.45) is 0 Å². The molecule has 30 heavy (non-hydrogen) atoms. The summed E-state index contributed by atoms with van der Waals surface area (Å²) >= 11 is 0. The smallest absolute Gasteiger partial charge is 0.242 e. The van der Waals surface area contributed by atoms with E-state index in [1.807, 2.05) is 0 Å². The number of methoxy groups -OCH3 is 2. The number of fused-ring (bicyclic) bond motifs is 1. The fourth-order valence-corrected chi connectivity index (χ4v) is 3.84. The summed E-state index contributed by atoms with van der Waals surface area (Å²) in [7, 11) is -0.754. The standard InChI is InChI=1S/C19H19N3O7S/c1-25-14-5-3-12(9-16(14)26-2)19-21-18(29-22-19)11-20-30(23,24)13-4-6-15-17(10-13)28-8-7-27-15/h3-6,9-10,20H,7-8,11H2,1-2H3. The summed E-state index contributed by atoms with van der Waals surface area (Å²) in [5.74, 6) is 2.39. The van der Waals surface area contributed by atoms with Crippen LogP contribution in [0.4, 0.5) is 0 Å². The largest absolute Gasteiger partial charge is 0.493 e. The van der Waals surface area contributed by atoms with E-state index >= 15 is 0 Å². The number of aromatic nitrogens is 2. The first kappa shape index (κ1) is 20.0. The monoisotopic (exact) mass is 433 g/mol. The maximum absolute atomic E-state index is 12.6. The summed E-state index contributed by atoms with van der Waals surface area (Å²) in [6.07, 6.45) is 0. The minimum absolute atomic E-state index is 0.0476. The normalized spacial score (nSPS) is 13.1. The molecule has 1 N–H and O–H groups in total. The SMILES string of the molecule is COc1ccc(-c2noc(CNS(=O)(=O)c3ccc4c(c3)OCCO4)n2)cc1OC. The van der Waals surface area contributed by atoms with Crippen molar-refractivity contribution in [1.82, 2.24) is 14.9 Å². The molecule has 1 aliphatic rings. The maximum Gasteiger partial charge on any atom is 0.242 e. The third-order valence-electron chi connectivity index (χ3n) is 4.35. The summed E-state index contributed by atoms with van der Waals surface area (Å²) in [6.45, 7) is 0.624. The van der Waals surface area contributed by atoms with Crippen LogP contribution in [-0.2, 0) is 16.6 Å². The van der Waals surface area contributed by atoms with E-state index < -0.39 is 10.0 Å². The summed E-state index contributed by atoms with van der Waals surface area (Å²) in [6, 6.07) is 9.58. The number of rotatable bonds is 7. The van der Waals surface area contributed by atoms with Crippen molar-refractivity contribution in [3.63, 3.8) is 0 Å². The molecule has 0 atom stereocenters. The lowest BCUT2D eigenvalue weighted by Gasteiger charge is -2.18. The Labute approximate surface area is 172 Å². The quantitative estimate of drug-likeness (QED) is 0.596. The van der Waals surface area contributed by atoms with Gasteiger partial charge in [-0.05, 0) is 30.3 Å². The van der Waals surface area contributed by atoms with Crippen LogP contribution in [0.5, 0.6) is 23.0 Å². The van der Waals surface area contributed by atoms with Crippen molar-refractivity contribution in [2.75, 3.05) is 27.4 Å². The molecular weight excluding hydrogens is 414 g/mol. The van der Waals surface area contributed by atoms with Crippen LogP contribution in [0.1, 0.15) is 5.89 Å². The number of nitrogens with zero attached hydrogens (tertiary/aromatic N) is 2. The van der Waals surface area contributed by atoms with Crippen molar-refractivity contribution in [3.05, 3.63) is 42.3 Å². The molecule has 10 nitrogen and oxygen atoms in total. The summed E-state index contributed by atoms with van der Waals surface area (Å²) in [5.41, 5.74) is 0.636. The van der Waals surface area contributed by atoms with E-state index in [1.165, 1.54) is 26.4 Å². The first-order chi connectivity index (χ1) is 14.5. The first-order valence-electron chi connectivity index (χ1n) is 8.94. The molecule has 2 heterocycles. The van der Waals surface area contributed by atoms with Crippen molar-refractivity contribution in [1.29, 1.82) is 0 Å². The lowest BCUT2D eigenvalue weighted by atomic mass is 10.2. The number of ether oxygens (including phenoxy) is 4. The van der Waals surface area contributed by atoms with Gasteiger partial charge in [-0.15, -0.1) is 0 Å². The molecule has 0 radical (unpaired) electrons. The third kappa shape index (κ3) is 4.02. The fourth-order valence-electron chi connectivity index (χ4n) is 2.85. The molecule has 158 valence electrons. The highest BCUT2D eigenvalue weighted by molar-refractivity contribution is 7.89. The molecule has 0 unspecified atom stereocenters. The van der Waals surface area contributed by atoms with Gasteiger partial charge in [0.15, 0.2) is 23.0 Å². The van der Waals surface area contributed by atoms with Crippen LogP contribution < -0.4 is 23.7 Å². The molecule has 1 aliphatic heterocycles. The van der Waals surface area contributed by atoms with Crippen LogP contribution in [0.2, 0.25) is 0 Å². The Morgan fingerprint density at radius 3 is 2.53 bits per heavy atom. The van der Waals surface area contributed by atoms with Gasteiger partial charge in [0.25, 0.3) is 0 Å². The molecule has 11 heteroatoms. The second-order valence-corrected chi connectivity index (χ2v) is 7.98. The van der Waals surface area contributed by atoms with Crippen LogP contribution in [0, 0.1) is 0 Å². The molecule has 1 aromatic heterocycles. The Bertz CT molecular complexity index is 1160. The first-order valence-corrected chi connectivity index (χ1v) is 10.4. The van der Waals surface area contributed by atoms with Gasteiger partial charge in [-0.25, -0.2) is 13.1 Å². The molecule has 3 aromatic rings. The number of hydrogen-bond acceptors (Lipinski definition) is 9. The van der Waals surface area contributed by atoms with Gasteiger partial charge in [0, 0.05) is 11.6 Å². The highest BCUT2D eigenvalue weighted by Crippen LogP contribution is 2.33. The Balaban J connectivity index is 1.48. The summed E-state index contributed by atoms with van der Waals surface area (Å²) in [4.78, 5) is 4.28. The zero-order chi connectivity index (χ0) is 21.1. The molecule has 0 bridgehead atoms. The molecule has 0 fully saturated rings. The van der Waals surface area contributed by atoms with Gasteiger partial charge in [-0.3, -0.25) is 0 Å². The van der Waals surface area contributed by atoms with E-state index in [1.54, 1.807) is 24.3 Å². The highest BCUT2D eigenvalue weighted by Gasteiger charge is 2.20. The van der Waals surface area contributed by atoms with E-state index in [-0.39, 0.29) is 17.3 Å². The fraction of sp³-hybridized carbons (Fsp3) is 0.263. The molecule has 0 saturated carbocycles. The van der Waals surface area contributed by atoms with E-state index in [9.17, 15) is 8.42 Å². The number of sulfonamides is 1. The van der Waals surface area contributed by atoms with Gasteiger partial charge in [0.1, 0.15) is 13.2 Å². The Morgan fingerprint density at radius 1 is 1.00 bits per heavy atom. The average molecular weight is 433 g/mol. The van der Waals surface area contributed by atoms with Gasteiger partial charge in [0.2, 0.25) is 21.7 Å². The van der Waals surface area contributed by atoms with Crippen molar-refractivity contribution in [3.8, 4) is 34.4 Å². The molecule has 0 saturated heterocycles. The van der Waals surface area contributed by atoms with Gasteiger partial charge < -0.3 is 23.5 Å². The highest BCUT2D eigenvalue weighted by atomic mass is 32.2. The van der Waals surface area contributed by atoms with E-state index in [0.29, 0.717) is 47.6 Å². The number of nitrogens with one attached hydrogen (secondary N) is 1.